The van der Waals surface area contributed by atoms with Gasteiger partial charge in [0.05, 0.1) is 39.6 Å². The molecule has 0 aliphatic carbocycles. The summed E-state index contributed by atoms with van der Waals surface area (Å²) < 4.78 is 28.6. The Balaban J connectivity index is 1.46. The van der Waals surface area contributed by atoms with E-state index in [1.165, 1.54) is 5.56 Å². The van der Waals surface area contributed by atoms with Crippen LogP contribution in [-0.4, -0.2) is 69.3 Å². The van der Waals surface area contributed by atoms with Crippen molar-refractivity contribution >= 4 is 6.09 Å². The van der Waals surface area contributed by atoms with E-state index in [0.717, 1.165) is 29.9 Å². The zero-order valence-corrected chi connectivity index (χ0v) is 22.6. The Morgan fingerprint density at radius 3 is 2.54 bits per heavy atom. The van der Waals surface area contributed by atoms with E-state index in [-0.39, 0.29) is 18.1 Å². The van der Waals surface area contributed by atoms with Crippen LogP contribution in [0, 0.1) is 0 Å². The lowest BCUT2D eigenvalue weighted by Crippen LogP contribution is -2.48. The maximum absolute atomic E-state index is 12.6. The van der Waals surface area contributed by atoms with Gasteiger partial charge in [0.25, 0.3) is 0 Å². The first-order valence-corrected chi connectivity index (χ1v) is 12.9. The Bertz CT molecular complexity index is 984. The highest BCUT2D eigenvalue weighted by Gasteiger charge is 2.34. The molecule has 202 valence electrons. The number of hydrogen-bond donors (Lipinski definition) is 0. The Kier molecular flexibility index (Phi) is 10.8. The predicted octanol–water partition coefficient (Wildman–Crippen LogP) is 5.63. The number of hydrogen-bond acceptors (Lipinski definition) is 6. The van der Waals surface area contributed by atoms with Gasteiger partial charge >= 0.3 is 6.09 Å². The minimum absolute atomic E-state index is 0.136. The molecule has 0 spiro atoms. The van der Waals surface area contributed by atoms with Crippen molar-refractivity contribution in [2.24, 2.45) is 0 Å². The van der Waals surface area contributed by atoms with Crippen molar-refractivity contribution in [3.05, 3.63) is 72.3 Å². The van der Waals surface area contributed by atoms with Crippen molar-refractivity contribution in [2.45, 2.75) is 51.2 Å². The van der Waals surface area contributed by atoms with Crippen molar-refractivity contribution in [2.75, 3.05) is 46.6 Å². The number of likely N-dealkylation sites (tertiary alicyclic amines) is 1. The number of amides is 1. The molecule has 1 aliphatic heterocycles. The molecule has 3 rings (SSSR count). The molecule has 0 aromatic heterocycles. The molecule has 7 nitrogen and oxygen atoms in total. The Labute approximate surface area is 221 Å². The lowest BCUT2D eigenvalue weighted by Gasteiger charge is -2.39. The first kappa shape index (κ1) is 28.5. The fourth-order valence-electron chi connectivity index (χ4n) is 4.37. The second-order valence-corrected chi connectivity index (χ2v) is 10.1. The van der Waals surface area contributed by atoms with Gasteiger partial charge in [-0.25, -0.2) is 4.79 Å². The van der Waals surface area contributed by atoms with Crippen LogP contribution < -0.4 is 9.47 Å². The van der Waals surface area contributed by atoms with E-state index in [2.05, 4.69) is 24.8 Å². The summed E-state index contributed by atoms with van der Waals surface area (Å²) in [6, 6.07) is 16.1. The van der Waals surface area contributed by atoms with Gasteiger partial charge in [-0.3, -0.25) is 0 Å². The van der Waals surface area contributed by atoms with Gasteiger partial charge in [0.15, 0.2) is 0 Å². The number of nitrogens with zero attached hydrogens (tertiary/aromatic N) is 1. The molecule has 1 amide bonds. The molecule has 37 heavy (non-hydrogen) atoms. The van der Waals surface area contributed by atoms with Crippen LogP contribution in [0.1, 0.15) is 44.2 Å². The van der Waals surface area contributed by atoms with Crippen LogP contribution in [-0.2, 0) is 20.6 Å². The molecule has 7 heteroatoms. The largest absolute Gasteiger partial charge is 0.496 e. The topological polar surface area (TPSA) is 66.5 Å². The number of para-hydroxylation sites is 1. The quantitative estimate of drug-likeness (QED) is 0.272. The van der Waals surface area contributed by atoms with Crippen molar-refractivity contribution in [3.8, 4) is 11.5 Å². The molecular formula is C30H41NO6. The molecule has 0 bridgehead atoms. The van der Waals surface area contributed by atoms with Crippen LogP contribution in [0.3, 0.4) is 0 Å². The van der Waals surface area contributed by atoms with E-state index >= 15 is 0 Å². The SMILES string of the molecule is C=CCOC1CN(C(=O)OC(C)(C)C)CCC1c1ccc(OCCOCCc2ccccc2OC)cc1. The average Bonchev–Trinajstić information content (AvgIpc) is 2.89. The lowest BCUT2D eigenvalue weighted by atomic mass is 9.87. The molecule has 1 aliphatic rings. The molecule has 1 fully saturated rings. The van der Waals surface area contributed by atoms with Crippen LogP contribution in [0.4, 0.5) is 4.79 Å². The third kappa shape index (κ3) is 9.09. The monoisotopic (exact) mass is 511 g/mol. The summed E-state index contributed by atoms with van der Waals surface area (Å²) >= 11 is 0. The number of ether oxygens (including phenoxy) is 5. The molecule has 0 N–H and O–H groups in total. The molecule has 0 radical (unpaired) electrons. The van der Waals surface area contributed by atoms with E-state index in [1.54, 1.807) is 18.1 Å². The zero-order chi connectivity index (χ0) is 26.7. The zero-order valence-electron chi connectivity index (χ0n) is 22.6. The lowest BCUT2D eigenvalue weighted by molar-refractivity contribution is -0.0223. The molecule has 2 atom stereocenters. The van der Waals surface area contributed by atoms with E-state index < -0.39 is 5.60 Å². The Morgan fingerprint density at radius 1 is 1.08 bits per heavy atom. The van der Waals surface area contributed by atoms with E-state index in [1.807, 2.05) is 51.1 Å². The summed E-state index contributed by atoms with van der Waals surface area (Å²) in [5.74, 6) is 1.85. The maximum atomic E-state index is 12.6. The van der Waals surface area contributed by atoms with Crippen molar-refractivity contribution in [1.82, 2.24) is 4.90 Å². The number of methoxy groups -OCH3 is 1. The predicted molar refractivity (Wildman–Crippen MR) is 145 cm³/mol. The standard InChI is InChI=1S/C30H41NO6/c1-6-18-36-28-22-31(29(32)37-30(2,3)4)17-15-26(28)23-11-13-25(14-12-23)35-21-20-34-19-16-24-9-7-8-10-27(24)33-5/h6-14,26,28H,1,15-22H2,2-5H3. The maximum Gasteiger partial charge on any atom is 0.410 e. The first-order valence-electron chi connectivity index (χ1n) is 12.9. The molecular weight excluding hydrogens is 470 g/mol. The Hall–Kier alpha value is -3.03. The summed E-state index contributed by atoms with van der Waals surface area (Å²) in [5.41, 5.74) is 1.77. The van der Waals surface area contributed by atoms with Gasteiger partial charge in [-0.1, -0.05) is 36.4 Å². The molecule has 2 aromatic rings. The minimum atomic E-state index is -0.526. The van der Waals surface area contributed by atoms with Gasteiger partial charge in [0.2, 0.25) is 0 Å². The average molecular weight is 512 g/mol. The normalized spacial score (nSPS) is 17.8. The minimum Gasteiger partial charge on any atom is -0.496 e. The van der Waals surface area contributed by atoms with E-state index in [9.17, 15) is 4.79 Å². The van der Waals surface area contributed by atoms with Gasteiger partial charge < -0.3 is 28.6 Å². The highest BCUT2D eigenvalue weighted by molar-refractivity contribution is 5.68. The van der Waals surface area contributed by atoms with Gasteiger partial charge in [-0.15, -0.1) is 6.58 Å². The first-order chi connectivity index (χ1) is 17.8. The van der Waals surface area contributed by atoms with Gasteiger partial charge in [-0.05, 0) is 62.9 Å². The smallest absolute Gasteiger partial charge is 0.410 e. The van der Waals surface area contributed by atoms with Crippen LogP contribution >= 0.6 is 0 Å². The second kappa shape index (κ2) is 14.1. The van der Waals surface area contributed by atoms with E-state index in [4.69, 9.17) is 23.7 Å². The van der Waals surface area contributed by atoms with Crippen LogP contribution in [0.15, 0.2) is 61.2 Å². The fourth-order valence-corrected chi connectivity index (χ4v) is 4.37. The van der Waals surface area contributed by atoms with Crippen molar-refractivity contribution in [3.63, 3.8) is 0 Å². The molecule has 1 saturated heterocycles. The third-order valence-electron chi connectivity index (χ3n) is 6.15. The molecule has 2 unspecified atom stereocenters. The van der Waals surface area contributed by atoms with Crippen LogP contribution in [0.5, 0.6) is 11.5 Å². The summed E-state index contributed by atoms with van der Waals surface area (Å²) in [6.45, 7) is 12.5. The molecule has 0 saturated carbocycles. The van der Waals surface area contributed by atoms with Gasteiger partial charge in [0, 0.05) is 12.5 Å². The fraction of sp³-hybridized carbons (Fsp3) is 0.500. The highest BCUT2D eigenvalue weighted by atomic mass is 16.6. The van der Waals surface area contributed by atoms with Gasteiger partial charge in [0.1, 0.15) is 23.7 Å². The van der Waals surface area contributed by atoms with Gasteiger partial charge in [-0.2, -0.15) is 0 Å². The van der Waals surface area contributed by atoms with E-state index in [0.29, 0.717) is 39.5 Å². The number of carbonyl (C=O) groups excluding carboxylic acids is 1. The number of rotatable bonds is 12. The third-order valence-corrected chi connectivity index (χ3v) is 6.15. The van der Waals surface area contributed by atoms with Crippen molar-refractivity contribution in [1.29, 1.82) is 0 Å². The second-order valence-electron chi connectivity index (χ2n) is 10.1. The highest BCUT2D eigenvalue weighted by Crippen LogP contribution is 2.32. The Morgan fingerprint density at radius 2 is 1.84 bits per heavy atom. The number of piperidine rings is 1. The van der Waals surface area contributed by atoms with Crippen LogP contribution in [0.2, 0.25) is 0 Å². The molecule has 2 aromatic carbocycles. The summed E-state index contributed by atoms with van der Waals surface area (Å²) in [6.07, 6.45) is 2.88. The molecule has 1 heterocycles. The number of carbonyl (C=O) groups is 1. The van der Waals surface area contributed by atoms with Crippen LogP contribution in [0.25, 0.3) is 0 Å². The van der Waals surface area contributed by atoms with Crippen molar-refractivity contribution < 1.29 is 28.5 Å². The number of benzene rings is 2. The summed E-state index contributed by atoms with van der Waals surface area (Å²) in [4.78, 5) is 14.3. The summed E-state index contributed by atoms with van der Waals surface area (Å²) in [5, 5.41) is 0. The summed E-state index contributed by atoms with van der Waals surface area (Å²) in [7, 11) is 1.68.